The molecular formula is C21H31N4O4S+. The fourth-order valence-electron chi connectivity index (χ4n) is 4.06. The van der Waals surface area contributed by atoms with Gasteiger partial charge in [-0.15, -0.1) is 16.4 Å². The van der Waals surface area contributed by atoms with E-state index in [4.69, 9.17) is 4.84 Å². The number of quaternary nitrogens is 1. The summed E-state index contributed by atoms with van der Waals surface area (Å²) < 4.78 is -0.293. The molecule has 0 aliphatic carbocycles. The van der Waals surface area contributed by atoms with Gasteiger partial charge in [0, 0.05) is 10.4 Å². The number of carbonyl (C=O) groups is 3. The van der Waals surface area contributed by atoms with Crippen LogP contribution in [0.15, 0.2) is 30.3 Å². The van der Waals surface area contributed by atoms with Crippen molar-refractivity contribution in [1.29, 1.82) is 0 Å². The lowest BCUT2D eigenvalue weighted by atomic mass is 9.96. The van der Waals surface area contributed by atoms with E-state index in [1.165, 1.54) is 11.8 Å². The van der Waals surface area contributed by atoms with Crippen LogP contribution in [-0.4, -0.2) is 69.3 Å². The zero-order valence-electron chi connectivity index (χ0n) is 18.2. The Bertz CT molecular complexity index is 804. The van der Waals surface area contributed by atoms with Crippen LogP contribution >= 0.6 is 11.8 Å². The Morgan fingerprint density at radius 1 is 1.13 bits per heavy atom. The highest BCUT2D eigenvalue weighted by molar-refractivity contribution is 8.01. The van der Waals surface area contributed by atoms with Gasteiger partial charge in [0.1, 0.15) is 31.0 Å². The summed E-state index contributed by atoms with van der Waals surface area (Å²) in [5.41, 5.74) is 0.646. The number of β-lactam (4-membered cyclic amide) rings is 1. The number of hydrogen-bond acceptors (Lipinski definition) is 5. The predicted octanol–water partition coefficient (Wildman–Crippen LogP) is 2.57. The number of urea groups is 1. The number of anilines is 1. The molecule has 2 aliphatic rings. The SMILES string of the molecule is CC[N+](CC)(CC)OC(=O)[C@@H]1N2C(=O)[C@@H](NC(=O)Nc3ccccc3)[C@H]2SC1(C)C. The standard InChI is InChI=1S/C21H30N4O4S/c1-6-25(7-2,8-3)29-19(27)16-21(4,5)30-18-15(17(26)24(16)18)23-20(28)22-14-12-10-9-11-13-14/h9-13,15-16,18H,6-8H2,1-5H3,(H-,22,23,28)/p+1/t15-,16+,18-/m1/s1. The van der Waals surface area contributed by atoms with Gasteiger partial charge in [-0.1, -0.05) is 18.2 Å². The molecule has 1 aromatic rings. The minimum Gasteiger partial charge on any atom is -0.323 e. The van der Waals surface area contributed by atoms with Crippen molar-refractivity contribution in [2.45, 2.75) is 56.8 Å². The summed E-state index contributed by atoms with van der Waals surface area (Å²) in [7, 11) is 0. The van der Waals surface area contributed by atoms with Crippen molar-refractivity contribution in [3.63, 3.8) is 0 Å². The molecule has 0 bridgehead atoms. The summed E-state index contributed by atoms with van der Waals surface area (Å²) in [6.45, 7) is 11.8. The number of nitrogens with one attached hydrogen (secondary N) is 2. The van der Waals surface area contributed by atoms with E-state index in [-0.39, 0.29) is 21.9 Å². The summed E-state index contributed by atoms with van der Waals surface area (Å²) in [5, 5.41) is 5.18. The van der Waals surface area contributed by atoms with Gasteiger partial charge in [-0.25, -0.2) is 9.59 Å². The quantitative estimate of drug-likeness (QED) is 0.390. The molecule has 8 nitrogen and oxygen atoms in total. The Hall–Kier alpha value is -2.26. The molecule has 1 aromatic carbocycles. The van der Waals surface area contributed by atoms with Crippen LogP contribution in [0, 0.1) is 0 Å². The lowest BCUT2D eigenvalue weighted by Gasteiger charge is -2.44. The molecule has 0 aromatic heterocycles. The number of nitrogens with zero attached hydrogens (tertiary/aromatic N) is 2. The highest BCUT2D eigenvalue weighted by atomic mass is 32.2. The second-order valence-electron chi connectivity index (χ2n) is 8.12. The number of carbonyl (C=O) groups excluding carboxylic acids is 3. The molecule has 164 valence electrons. The van der Waals surface area contributed by atoms with Crippen LogP contribution in [0.2, 0.25) is 0 Å². The third-order valence-electron chi connectivity index (χ3n) is 6.00. The second kappa shape index (κ2) is 8.47. The fourth-order valence-corrected chi connectivity index (χ4v) is 5.68. The molecule has 9 heteroatoms. The van der Waals surface area contributed by atoms with Crippen molar-refractivity contribution in [3.8, 4) is 0 Å². The number of para-hydroxylation sites is 1. The van der Waals surface area contributed by atoms with Crippen molar-refractivity contribution in [2.24, 2.45) is 0 Å². The van der Waals surface area contributed by atoms with Crippen LogP contribution in [0.4, 0.5) is 10.5 Å². The number of hydroxylamine groups is 3. The summed E-state index contributed by atoms with van der Waals surface area (Å²) in [6.07, 6.45) is 0. The Balaban J connectivity index is 1.69. The third-order valence-corrected chi connectivity index (χ3v) is 7.57. The topological polar surface area (TPSA) is 87.7 Å². The lowest BCUT2D eigenvalue weighted by Crippen LogP contribution is -2.71. The number of amides is 3. The number of benzene rings is 1. The van der Waals surface area contributed by atoms with Crippen LogP contribution in [0.3, 0.4) is 0 Å². The summed E-state index contributed by atoms with van der Waals surface area (Å²) in [4.78, 5) is 45.8. The van der Waals surface area contributed by atoms with Crippen LogP contribution in [0.25, 0.3) is 0 Å². The van der Waals surface area contributed by atoms with Gasteiger partial charge in [0.15, 0.2) is 6.04 Å². The zero-order chi connectivity index (χ0) is 22.1. The van der Waals surface area contributed by atoms with Crippen LogP contribution in [0.5, 0.6) is 0 Å². The zero-order valence-corrected chi connectivity index (χ0v) is 19.0. The maximum Gasteiger partial charge on any atom is 0.390 e. The average molecular weight is 436 g/mol. The number of fused-ring (bicyclic) bond motifs is 1. The molecule has 2 heterocycles. The van der Waals surface area contributed by atoms with Gasteiger partial charge in [0.2, 0.25) is 5.91 Å². The monoisotopic (exact) mass is 435 g/mol. The molecule has 30 heavy (non-hydrogen) atoms. The predicted molar refractivity (Wildman–Crippen MR) is 116 cm³/mol. The van der Waals surface area contributed by atoms with Gasteiger partial charge in [0.25, 0.3) is 0 Å². The van der Waals surface area contributed by atoms with E-state index in [1.54, 1.807) is 17.0 Å². The van der Waals surface area contributed by atoms with E-state index in [0.717, 1.165) is 0 Å². The van der Waals surface area contributed by atoms with Crippen LogP contribution in [-0.2, 0) is 14.4 Å². The number of hydrogen-bond donors (Lipinski definition) is 2. The van der Waals surface area contributed by atoms with Crippen LogP contribution in [0.1, 0.15) is 34.6 Å². The first kappa shape index (κ1) is 22.4. The highest BCUT2D eigenvalue weighted by Crippen LogP contribution is 2.51. The molecule has 2 saturated heterocycles. The molecule has 0 saturated carbocycles. The molecule has 2 N–H and O–H groups in total. The highest BCUT2D eigenvalue weighted by Gasteiger charge is 2.65. The average Bonchev–Trinajstić information content (AvgIpc) is 2.99. The smallest absolute Gasteiger partial charge is 0.323 e. The summed E-state index contributed by atoms with van der Waals surface area (Å²) in [6, 6.07) is 7.24. The number of rotatable bonds is 7. The van der Waals surface area contributed by atoms with Gasteiger partial charge >= 0.3 is 12.0 Å². The van der Waals surface area contributed by atoms with E-state index in [9.17, 15) is 14.4 Å². The third kappa shape index (κ3) is 4.00. The molecule has 3 rings (SSSR count). The van der Waals surface area contributed by atoms with Gasteiger partial charge in [-0.3, -0.25) is 9.63 Å². The van der Waals surface area contributed by atoms with Crippen molar-refractivity contribution < 1.29 is 23.9 Å². The minimum atomic E-state index is -0.683. The first-order valence-electron chi connectivity index (χ1n) is 10.4. The Labute approximate surface area is 181 Å². The maximum absolute atomic E-state index is 13.1. The van der Waals surface area contributed by atoms with E-state index >= 15 is 0 Å². The molecule has 0 spiro atoms. The first-order valence-corrected chi connectivity index (χ1v) is 11.3. The number of thioether (sulfide) groups is 1. The van der Waals surface area contributed by atoms with Gasteiger partial charge in [-0.05, 0) is 46.8 Å². The van der Waals surface area contributed by atoms with E-state index < -0.39 is 22.9 Å². The molecule has 0 unspecified atom stereocenters. The normalized spacial score (nSPS) is 24.6. The molecule has 2 fully saturated rings. The molecule has 0 radical (unpaired) electrons. The van der Waals surface area contributed by atoms with Gasteiger partial charge in [0.05, 0.1) is 0 Å². The second-order valence-corrected chi connectivity index (χ2v) is 9.89. The van der Waals surface area contributed by atoms with Crippen molar-refractivity contribution in [1.82, 2.24) is 10.2 Å². The van der Waals surface area contributed by atoms with Crippen molar-refractivity contribution in [2.75, 3.05) is 25.0 Å². The Morgan fingerprint density at radius 3 is 2.30 bits per heavy atom. The van der Waals surface area contributed by atoms with E-state index in [2.05, 4.69) is 10.6 Å². The van der Waals surface area contributed by atoms with Crippen molar-refractivity contribution >= 4 is 35.4 Å². The van der Waals surface area contributed by atoms with Crippen LogP contribution < -0.4 is 10.6 Å². The Morgan fingerprint density at radius 2 is 1.73 bits per heavy atom. The van der Waals surface area contributed by atoms with Gasteiger partial charge in [-0.2, -0.15) is 0 Å². The molecular weight excluding hydrogens is 404 g/mol. The lowest BCUT2D eigenvalue weighted by molar-refractivity contribution is -1.09. The van der Waals surface area contributed by atoms with Crippen molar-refractivity contribution in [3.05, 3.63) is 30.3 Å². The van der Waals surface area contributed by atoms with E-state index in [0.29, 0.717) is 25.3 Å². The largest absolute Gasteiger partial charge is 0.390 e. The summed E-state index contributed by atoms with van der Waals surface area (Å²) in [5.74, 6) is -0.646. The maximum atomic E-state index is 13.1. The molecule has 2 aliphatic heterocycles. The first-order chi connectivity index (χ1) is 14.2. The van der Waals surface area contributed by atoms with Gasteiger partial charge < -0.3 is 15.5 Å². The molecule has 3 atom stereocenters. The minimum absolute atomic E-state index is 0.226. The summed E-state index contributed by atoms with van der Waals surface area (Å²) >= 11 is 1.52. The fraction of sp³-hybridized carbons (Fsp3) is 0.571. The Kier molecular flexibility index (Phi) is 6.33. The molecule has 3 amide bonds. The van der Waals surface area contributed by atoms with E-state index in [1.807, 2.05) is 52.8 Å².